The third kappa shape index (κ3) is 3.77. The first kappa shape index (κ1) is 16.1. The zero-order valence-electron chi connectivity index (χ0n) is 13.8. The van der Waals surface area contributed by atoms with Gasteiger partial charge >= 0.3 is 0 Å². The molecule has 1 heterocycles. The van der Waals surface area contributed by atoms with Crippen molar-refractivity contribution < 1.29 is 15.3 Å². The van der Waals surface area contributed by atoms with Crippen LogP contribution in [-0.4, -0.2) is 28.4 Å². The van der Waals surface area contributed by atoms with Crippen LogP contribution in [0.3, 0.4) is 0 Å². The van der Waals surface area contributed by atoms with Crippen LogP contribution in [0.15, 0.2) is 29.5 Å². The molecule has 2 aliphatic rings. The summed E-state index contributed by atoms with van der Waals surface area (Å²) >= 11 is 0. The van der Waals surface area contributed by atoms with Crippen LogP contribution in [0.4, 0.5) is 5.69 Å². The fourth-order valence-corrected chi connectivity index (χ4v) is 4.13. The molecule has 1 atom stereocenters. The Balaban J connectivity index is 1.78. The van der Waals surface area contributed by atoms with E-state index in [4.69, 9.17) is 5.21 Å². The summed E-state index contributed by atoms with van der Waals surface area (Å²) in [4.78, 5) is 3.17. The standard InChI is InChI=1S/C18H27N3O2/c22-19-21(23)18(15-7-3-1-4-8-15)16-9-11-17(12-10-16)20-13-5-2-6-14-20/h9-12,15,18,23H,1-8,13-14H2/p+1. The normalized spacial score (nSPS) is 22.1. The van der Waals surface area contributed by atoms with Crippen molar-refractivity contribution in [2.75, 3.05) is 18.0 Å². The van der Waals surface area contributed by atoms with Crippen LogP contribution in [0.2, 0.25) is 0 Å². The van der Waals surface area contributed by atoms with Gasteiger partial charge in [0.15, 0.2) is 0 Å². The molecule has 23 heavy (non-hydrogen) atoms. The van der Waals surface area contributed by atoms with E-state index in [-0.39, 0.29) is 6.04 Å². The first-order chi connectivity index (χ1) is 11.3. The van der Waals surface area contributed by atoms with Crippen molar-refractivity contribution in [3.63, 3.8) is 0 Å². The Kier molecular flexibility index (Phi) is 5.36. The first-order valence-corrected chi connectivity index (χ1v) is 8.97. The summed E-state index contributed by atoms with van der Waals surface area (Å²) in [7, 11) is 0. The van der Waals surface area contributed by atoms with Gasteiger partial charge in [0.1, 0.15) is 4.86 Å². The van der Waals surface area contributed by atoms with Gasteiger partial charge in [0.25, 0.3) is 6.04 Å². The van der Waals surface area contributed by atoms with Crippen LogP contribution in [-0.2, 0) is 0 Å². The number of rotatable bonds is 4. The third-order valence-corrected chi connectivity index (χ3v) is 5.39. The Hall–Kier alpha value is -1.78. The number of piperidine rings is 1. The summed E-state index contributed by atoms with van der Waals surface area (Å²) in [6.07, 6.45) is 9.64. The van der Waals surface area contributed by atoms with Gasteiger partial charge in [0, 0.05) is 30.3 Å². The molecule has 2 N–H and O–H groups in total. The molecule has 2 fully saturated rings. The Labute approximate surface area is 138 Å². The zero-order valence-corrected chi connectivity index (χ0v) is 13.8. The number of hydrogen-bond donors (Lipinski definition) is 2. The molecule has 1 saturated heterocycles. The minimum atomic E-state index is -0.254. The summed E-state index contributed by atoms with van der Waals surface area (Å²) in [5.41, 5.74) is 2.28. The first-order valence-electron chi connectivity index (χ1n) is 8.97. The lowest BCUT2D eigenvalue weighted by molar-refractivity contribution is -0.868. The van der Waals surface area contributed by atoms with Crippen molar-refractivity contribution in [2.24, 2.45) is 11.2 Å². The van der Waals surface area contributed by atoms with E-state index in [0.717, 1.165) is 36.4 Å². The van der Waals surface area contributed by atoms with Crippen LogP contribution < -0.4 is 4.90 Å². The molecule has 5 heteroatoms. The van der Waals surface area contributed by atoms with E-state index in [1.54, 1.807) is 0 Å². The van der Waals surface area contributed by atoms with Crippen LogP contribution in [0.1, 0.15) is 63.0 Å². The van der Waals surface area contributed by atoms with Crippen LogP contribution >= 0.6 is 0 Å². The SMILES string of the molecule is O/N=[N+](\O)C(c1ccc(N2CCCCC2)cc1)C1CCCCC1. The number of benzene rings is 1. The Bertz CT molecular complexity index is 518. The zero-order chi connectivity index (χ0) is 16.1. The molecule has 0 aromatic heterocycles. The second-order valence-corrected chi connectivity index (χ2v) is 6.89. The molecular weight excluding hydrogens is 290 g/mol. The molecule has 0 bridgehead atoms. The smallest absolute Gasteiger partial charge is 0.262 e. The molecule has 0 amide bonds. The molecule has 1 aromatic carbocycles. The number of hydroxylamine groups is 1. The second-order valence-electron chi connectivity index (χ2n) is 6.89. The minimum absolute atomic E-state index is 0.254. The van der Waals surface area contributed by atoms with Gasteiger partial charge in [-0.05, 0) is 44.2 Å². The Morgan fingerprint density at radius 2 is 1.57 bits per heavy atom. The maximum atomic E-state index is 10.0. The fraction of sp³-hybridized carbons (Fsp3) is 0.667. The fourth-order valence-electron chi connectivity index (χ4n) is 4.13. The maximum Gasteiger partial charge on any atom is 0.262 e. The summed E-state index contributed by atoms with van der Waals surface area (Å²) < 4.78 is 0. The van der Waals surface area contributed by atoms with Gasteiger partial charge < -0.3 is 10.1 Å². The molecule has 1 aliphatic heterocycles. The highest BCUT2D eigenvalue weighted by Gasteiger charge is 2.36. The monoisotopic (exact) mass is 318 g/mol. The van der Waals surface area contributed by atoms with Crippen molar-refractivity contribution in [3.05, 3.63) is 29.8 Å². The molecule has 1 aliphatic carbocycles. The van der Waals surface area contributed by atoms with E-state index in [9.17, 15) is 5.21 Å². The average Bonchev–Trinajstić information content (AvgIpc) is 2.64. The maximum absolute atomic E-state index is 10.0. The molecule has 5 nitrogen and oxygen atoms in total. The molecule has 1 unspecified atom stereocenters. The molecule has 0 spiro atoms. The largest absolute Gasteiger partial charge is 0.372 e. The van der Waals surface area contributed by atoms with Gasteiger partial charge in [0.2, 0.25) is 5.28 Å². The number of hydrogen-bond acceptors (Lipinski definition) is 2. The summed E-state index contributed by atoms with van der Waals surface area (Å²) in [5.74, 6) is 0.338. The van der Waals surface area contributed by atoms with E-state index in [2.05, 4.69) is 34.4 Å². The van der Waals surface area contributed by atoms with Gasteiger partial charge in [0.05, 0.1) is 0 Å². The topological polar surface area (TPSA) is 59.1 Å². The van der Waals surface area contributed by atoms with E-state index in [1.165, 1.54) is 44.2 Å². The van der Waals surface area contributed by atoms with Gasteiger partial charge in [-0.1, -0.05) is 31.4 Å². The highest BCUT2D eigenvalue weighted by molar-refractivity contribution is 5.48. The summed E-state index contributed by atoms with van der Waals surface area (Å²) in [5, 5.41) is 22.1. The number of anilines is 1. The highest BCUT2D eigenvalue weighted by atomic mass is 16.6. The predicted molar refractivity (Wildman–Crippen MR) is 88.1 cm³/mol. The molecule has 3 rings (SSSR count). The van der Waals surface area contributed by atoms with Crippen molar-refractivity contribution in [3.8, 4) is 0 Å². The minimum Gasteiger partial charge on any atom is -0.372 e. The molecular formula is C18H28N3O2+. The van der Waals surface area contributed by atoms with E-state index < -0.39 is 0 Å². The van der Waals surface area contributed by atoms with E-state index >= 15 is 0 Å². The van der Waals surface area contributed by atoms with Crippen LogP contribution in [0.25, 0.3) is 0 Å². The molecule has 0 radical (unpaired) electrons. The van der Waals surface area contributed by atoms with Crippen molar-refractivity contribution in [2.45, 2.75) is 57.4 Å². The van der Waals surface area contributed by atoms with Gasteiger partial charge in [-0.25, -0.2) is 0 Å². The highest BCUT2D eigenvalue weighted by Crippen LogP contribution is 2.37. The Morgan fingerprint density at radius 3 is 2.17 bits per heavy atom. The number of nitrogens with zero attached hydrogens (tertiary/aromatic N) is 3. The predicted octanol–water partition coefficient (Wildman–Crippen LogP) is 4.54. The van der Waals surface area contributed by atoms with Crippen LogP contribution in [0.5, 0.6) is 0 Å². The lowest BCUT2D eigenvalue weighted by Crippen LogP contribution is -2.29. The van der Waals surface area contributed by atoms with Gasteiger partial charge in [-0.3, -0.25) is 5.21 Å². The van der Waals surface area contributed by atoms with E-state index in [1.807, 2.05) is 0 Å². The van der Waals surface area contributed by atoms with E-state index in [0.29, 0.717) is 5.92 Å². The van der Waals surface area contributed by atoms with Gasteiger partial charge in [-0.2, -0.15) is 0 Å². The lowest BCUT2D eigenvalue weighted by atomic mass is 9.81. The van der Waals surface area contributed by atoms with Crippen molar-refractivity contribution in [1.29, 1.82) is 0 Å². The molecule has 1 aromatic rings. The molecule has 126 valence electrons. The van der Waals surface area contributed by atoms with Crippen molar-refractivity contribution in [1.82, 2.24) is 0 Å². The third-order valence-electron chi connectivity index (χ3n) is 5.39. The second kappa shape index (κ2) is 7.66. The lowest BCUT2D eigenvalue weighted by Gasteiger charge is -2.29. The van der Waals surface area contributed by atoms with Crippen molar-refractivity contribution >= 4 is 5.69 Å². The van der Waals surface area contributed by atoms with Crippen LogP contribution in [0, 0.1) is 5.92 Å². The quantitative estimate of drug-likeness (QED) is 0.487. The average molecular weight is 318 g/mol. The summed E-state index contributed by atoms with van der Waals surface area (Å²) in [6.45, 7) is 2.26. The molecule has 1 saturated carbocycles. The van der Waals surface area contributed by atoms with Gasteiger partial charge in [-0.15, -0.1) is 0 Å². The Morgan fingerprint density at radius 1 is 0.957 bits per heavy atom. The summed E-state index contributed by atoms with van der Waals surface area (Å²) in [6, 6.07) is 8.19.